The second kappa shape index (κ2) is 14.5. The smallest absolute Gasteiger partial charge is 0.409 e. The van der Waals surface area contributed by atoms with Crippen molar-refractivity contribution in [3.05, 3.63) is 51.6 Å². The number of carboxylic acid groups (broad SMARTS) is 1. The van der Waals surface area contributed by atoms with Gasteiger partial charge in [0.15, 0.2) is 6.61 Å². The van der Waals surface area contributed by atoms with Gasteiger partial charge in [-0.25, -0.2) is 14.8 Å². The molecule has 1 atom stereocenters. The number of amides is 4. The van der Waals surface area contributed by atoms with Gasteiger partial charge in [-0.15, -0.1) is 11.3 Å². The quantitative estimate of drug-likeness (QED) is 0.331. The van der Waals surface area contributed by atoms with E-state index in [-0.39, 0.29) is 69.6 Å². The number of pyridine rings is 1. The molecule has 0 bridgehead atoms. The van der Waals surface area contributed by atoms with E-state index in [4.69, 9.17) is 9.47 Å². The minimum Gasteiger partial charge on any atom is -0.483 e. The highest BCUT2D eigenvalue weighted by Crippen LogP contribution is 2.27. The molecule has 2 aromatic heterocycles. The molecule has 3 aromatic rings. The van der Waals surface area contributed by atoms with Gasteiger partial charge >= 0.3 is 12.1 Å². The van der Waals surface area contributed by atoms with Crippen molar-refractivity contribution in [2.24, 2.45) is 0 Å². The van der Waals surface area contributed by atoms with E-state index in [0.29, 0.717) is 30.4 Å². The van der Waals surface area contributed by atoms with E-state index in [1.165, 1.54) is 15.9 Å². The molecule has 0 radical (unpaired) electrons. The van der Waals surface area contributed by atoms with Gasteiger partial charge in [0, 0.05) is 61.9 Å². The number of para-hydroxylation sites is 1. The summed E-state index contributed by atoms with van der Waals surface area (Å²) in [6.07, 6.45) is -0.274. The lowest BCUT2D eigenvalue weighted by Crippen LogP contribution is -2.56. The summed E-state index contributed by atoms with van der Waals surface area (Å²) in [4.78, 5) is 78.3. The van der Waals surface area contributed by atoms with Gasteiger partial charge in [0.25, 0.3) is 11.8 Å². The van der Waals surface area contributed by atoms with E-state index in [1.807, 2.05) is 6.92 Å². The fourth-order valence-electron chi connectivity index (χ4n) is 5.45. The van der Waals surface area contributed by atoms with Crippen LogP contribution in [0.15, 0.2) is 30.3 Å². The molecule has 0 saturated carbocycles. The van der Waals surface area contributed by atoms with Crippen LogP contribution in [-0.4, -0.2) is 112 Å². The van der Waals surface area contributed by atoms with Gasteiger partial charge in [-0.3, -0.25) is 19.2 Å². The molecule has 4 heterocycles. The average Bonchev–Trinajstić information content (AvgIpc) is 3.44. The Morgan fingerprint density at radius 1 is 1.02 bits per heavy atom. The lowest BCUT2D eigenvalue weighted by Gasteiger charge is -2.35. The zero-order chi connectivity index (χ0) is 32.8. The van der Waals surface area contributed by atoms with E-state index in [2.05, 4.69) is 15.3 Å². The van der Waals surface area contributed by atoms with Crippen molar-refractivity contribution in [1.29, 1.82) is 0 Å². The number of fused-ring (bicyclic) bond motifs is 2. The van der Waals surface area contributed by atoms with Gasteiger partial charge < -0.3 is 34.6 Å². The van der Waals surface area contributed by atoms with Crippen molar-refractivity contribution < 1.29 is 38.6 Å². The molecule has 5 rings (SSSR count). The lowest BCUT2D eigenvalue weighted by molar-refractivity contribution is -0.138. The maximum atomic E-state index is 13.5. The Hall–Kier alpha value is -4.79. The van der Waals surface area contributed by atoms with E-state index >= 15 is 0 Å². The zero-order valence-electron chi connectivity index (χ0n) is 25.7. The first-order chi connectivity index (χ1) is 22.1. The SMILES string of the molecule is CCOC(=O)N1CCN(C(=O)C(CCC(=O)O)NC(=O)c2cc(OCC(=O)N3CCc4nc(C)sc4C3)c3ccccc3n2)CC1. The number of nitrogens with zero attached hydrogens (tertiary/aromatic N) is 5. The largest absolute Gasteiger partial charge is 0.483 e. The van der Waals surface area contributed by atoms with E-state index < -0.39 is 29.9 Å². The third-order valence-electron chi connectivity index (χ3n) is 7.82. The van der Waals surface area contributed by atoms with Crippen LogP contribution in [0.3, 0.4) is 0 Å². The molecular formula is C31H36N6O8S. The van der Waals surface area contributed by atoms with Crippen LogP contribution in [0.25, 0.3) is 10.9 Å². The molecule has 1 saturated heterocycles. The van der Waals surface area contributed by atoms with Crippen molar-refractivity contribution in [1.82, 2.24) is 30.0 Å². The summed E-state index contributed by atoms with van der Waals surface area (Å²) < 4.78 is 11.0. The second-order valence-electron chi connectivity index (χ2n) is 10.9. The molecule has 244 valence electrons. The summed E-state index contributed by atoms with van der Waals surface area (Å²) in [6, 6.07) is 7.29. The number of benzene rings is 1. The van der Waals surface area contributed by atoms with E-state index in [1.54, 1.807) is 47.4 Å². The third-order valence-corrected chi connectivity index (χ3v) is 8.82. The van der Waals surface area contributed by atoms with Gasteiger partial charge in [-0.2, -0.15) is 0 Å². The lowest BCUT2D eigenvalue weighted by atomic mass is 10.1. The number of aryl methyl sites for hydroxylation is 1. The van der Waals surface area contributed by atoms with Crippen molar-refractivity contribution in [3.63, 3.8) is 0 Å². The van der Waals surface area contributed by atoms with E-state index in [0.717, 1.165) is 15.6 Å². The van der Waals surface area contributed by atoms with Crippen LogP contribution in [0.5, 0.6) is 5.75 Å². The molecule has 2 N–H and O–H groups in total. The molecule has 1 unspecified atom stereocenters. The molecule has 1 fully saturated rings. The standard InChI is InChI=1S/C31H36N6O8S/c1-3-44-31(43)36-14-12-35(13-15-36)30(42)23(8-9-28(39)40)34-29(41)24-16-25(20-6-4-5-7-21(20)33-24)45-18-27(38)37-11-10-22-26(17-37)46-19(2)32-22/h4-7,16,23H,3,8-15,17-18H2,1-2H3,(H,34,41)(H,39,40). The normalized spacial score (nSPS) is 15.2. The van der Waals surface area contributed by atoms with Crippen LogP contribution in [0, 0.1) is 6.92 Å². The monoisotopic (exact) mass is 652 g/mol. The first kappa shape index (κ1) is 32.6. The average molecular weight is 653 g/mol. The summed E-state index contributed by atoms with van der Waals surface area (Å²) in [5.41, 5.74) is 1.43. The molecule has 2 aliphatic heterocycles. The number of rotatable bonds is 10. The summed E-state index contributed by atoms with van der Waals surface area (Å²) in [5, 5.41) is 13.5. The van der Waals surface area contributed by atoms with Gasteiger partial charge in [0.1, 0.15) is 17.5 Å². The summed E-state index contributed by atoms with van der Waals surface area (Å²) in [7, 11) is 0. The van der Waals surface area contributed by atoms with Gasteiger partial charge in [0.2, 0.25) is 5.91 Å². The number of carboxylic acids is 1. The number of aromatic nitrogens is 2. The Kier molecular flexibility index (Phi) is 10.3. The number of ether oxygens (including phenoxy) is 2. The predicted molar refractivity (Wildman–Crippen MR) is 167 cm³/mol. The maximum Gasteiger partial charge on any atom is 0.409 e. The maximum absolute atomic E-state index is 13.5. The van der Waals surface area contributed by atoms with Crippen molar-refractivity contribution in [2.75, 3.05) is 45.9 Å². The minimum absolute atomic E-state index is 0.0517. The zero-order valence-corrected chi connectivity index (χ0v) is 26.5. The van der Waals surface area contributed by atoms with E-state index in [9.17, 15) is 29.1 Å². The first-order valence-corrected chi connectivity index (χ1v) is 15.9. The third kappa shape index (κ3) is 7.70. The van der Waals surface area contributed by atoms with Gasteiger partial charge in [-0.05, 0) is 32.4 Å². The summed E-state index contributed by atoms with van der Waals surface area (Å²) >= 11 is 1.58. The first-order valence-electron chi connectivity index (χ1n) is 15.1. The molecular weight excluding hydrogens is 616 g/mol. The fourth-order valence-corrected chi connectivity index (χ4v) is 6.45. The number of aliphatic carboxylic acids is 1. The Balaban J connectivity index is 1.28. The molecule has 15 heteroatoms. The molecule has 14 nitrogen and oxygen atoms in total. The topological polar surface area (TPSA) is 172 Å². The molecule has 1 aromatic carbocycles. The molecule has 4 amide bonds. The van der Waals surface area contributed by atoms with Crippen LogP contribution in [-0.2, 0) is 32.1 Å². The van der Waals surface area contributed by atoms with Crippen LogP contribution in [0.1, 0.15) is 45.8 Å². The van der Waals surface area contributed by atoms with Crippen LogP contribution in [0.4, 0.5) is 4.79 Å². The number of carbonyl (C=O) groups is 5. The number of hydrogen-bond acceptors (Lipinski definition) is 10. The Morgan fingerprint density at radius 3 is 2.50 bits per heavy atom. The summed E-state index contributed by atoms with van der Waals surface area (Å²) in [6.45, 7) is 5.55. The van der Waals surface area contributed by atoms with Crippen molar-refractivity contribution in [3.8, 4) is 5.75 Å². The Bertz CT molecular complexity index is 1640. The highest BCUT2D eigenvalue weighted by Gasteiger charge is 2.31. The molecule has 0 spiro atoms. The minimum atomic E-state index is -1.14. The van der Waals surface area contributed by atoms with Crippen molar-refractivity contribution in [2.45, 2.75) is 45.7 Å². The Morgan fingerprint density at radius 2 is 1.76 bits per heavy atom. The number of hydrogen-bond donors (Lipinski definition) is 2. The van der Waals surface area contributed by atoms with Crippen LogP contribution in [0.2, 0.25) is 0 Å². The number of thiazole rings is 1. The predicted octanol–water partition coefficient (Wildman–Crippen LogP) is 2.23. The highest BCUT2D eigenvalue weighted by atomic mass is 32.1. The van der Waals surface area contributed by atoms with Crippen molar-refractivity contribution >= 4 is 52.0 Å². The van der Waals surface area contributed by atoms with Crippen LogP contribution >= 0.6 is 11.3 Å². The summed E-state index contributed by atoms with van der Waals surface area (Å²) in [5.74, 6) is -2.19. The molecule has 0 aliphatic carbocycles. The number of nitrogens with one attached hydrogen (secondary N) is 1. The highest BCUT2D eigenvalue weighted by molar-refractivity contribution is 7.11. The van der Waals surface area contributed by atoms with Gasteiger partial charge in [-0.1, -0.05) is 12.1 Å². The number of piperazine rings is 1. The molecule has 46 heavy (non-hydrogen) atoms. The second-order valence-corrected chi connectivity index (χ2v) is 12.2. The van der Waals surface area contributed by atoms with Gasteiger partial charge in [0.05, 0.1) is 29.4 Å². The van der Waals surface area contributed by atoms with Crippen LogP contribution < -0.4 is 10.1 Å². The molecule has 2 aliphatic rings. The Labute approximate surface area is 269 Å². The number of carbonyl (C=O) groups excluding carboxylic acids is 4. The fraction of sp³-hybridized carbons (Fsp3) is 0.452.